The molecule has 0 saturated carbocycles. The second-order valence-electron chi connectivity index (χ2n) is 11.1. The van der Waals surface area contributed by atoms with Crippen LogP contribution in [0.5, 0.6) is 0 Å². The Morgan fingerprint density at radius 2 is 0.825 bits per heavy atom. The van der Waals surface area contributed by atoms with Crippen molar-refractivity contribution >= 4 is 17.3 Å². The maximum absolute atomic E-state index is 14.2. The summed E-state index contributed by atoms with van der Waals surface area (Å²) in [5.74, 6) is 0.159. The highest BCUT2D eigenvalue weighted by atomic mass is 16.1. The molecule has 2 atom stereocenters. The lowest BCUT2D eigenvalue weighted by atomic mass is 9.67. The molecule has 1 aliphatic heterocycles. The summed E-state index contributed by atoms with van der Waals surface area (Å²) in [5.41, 5.74) is 8.10. The number of hydrogen-bond donors (Lipinski definition) is 0. The number of rotatable bonds is 4. The fraction of sp³-hybridized carbons (Fsp3) is 0.189. The predicted octanol–water partition coefficient (Wildman–Crippen LogP) is 8.09. The van der Waals surface area contributed by atoms with Crippen molar-refractivity contribution in [3.05, 3.63) is 161 Å². The normalized spacial score (nSPS) is 22.7. The van der Waals surface area contributed by atoms with Gasteiger partial charge in [0.05, 0.1) is 0 Å². The number of ketones is 2. The Hall–Kier alpha value is -4.50. The van der Waals surface area contributed by atoms with Crippen molar-refractivity contribution in [1.82, 2.24) is 0 Å². The average molecular weight is 522 g/mol. The van der Waals surface area contributed by atoms with Crippen molar-refractivity contribution in [2.24, 2.45) is 0 Å². The third kappa shape index (κ3) is 4.23. The van der Waals surface area contributed by atoms with E-state index in [1.54, 1.807) is 0 Å². The van der Waals surface area contributed by atoms with Gasteiger partial charge in [0.15, 0.2) is 11.6 Å². The lowest BCUT2D eigenvalue weighted by Gasteiger charge is -2.46. The minimum atomic E-state index is -0.334. The van der Waals surface area contributed by atoms with Crippen molar-refractivity contribution in [1.29, 1.82) is 0 Å². The molecule has 4 aromatic carbocycles. The Morgan fingerprint density at radius 3 is 1.25 bits per heavy atom. The topological polar surface area (TPSA) is 37.4 Å². The van der Waals surface area contributed by atoms with Gasteiger partial charge in [-0.05, 0) is 53.5 Å². The summed E-state index contributed by atoms with van der Waals surface area (Å²) in [6, 6.07) is 41.3. The van der Waals surface area contributed by atoms with Gasteiger partial charge in [-0.1, -0.05) is 109 Å². The van der Waals surface area contributed by atoms with Gasteiger partial charge in [0.1, 0.15) is 0 Å². The van der Waals surface area contributed by atoms with Gasteiger partial charge in [-0.25, -0.2) is 0 Å². The average Bonchev–Trinajstić information content (AvgIpc) is 3.01. The van der Waals surface area contributed by atoms with Gasteiger partial charge in [0.25, 0.3) is 0 Å². The third-order valence-corrected chi connectivity index (χ3v) is 8.77. The summed E-state index contributed by atoms with van der Waals surface area (Å²) in [6.45, 7) is 0. The van der Waals surface area contributed by atoms with Crippen LogP contribution in [0.2, 0.25) is 0 Å². The van der Waals surface area contributed by atoms with Crippen LogP contribution in [0.1, 0.15) is 60.1 Å². The van der Waals surface area contributed by atoms with Gasteiger partial charge >= 0.3 is 0 Å². The fourth-order valence-electron chi connectivity index (χ4n) is 7.00. The first kappa shape index (κ1) is 24.5. The summed E-state index contributed by atoms with van der Waals surface area (Å²) in [4.78, 5) is 30.7. The molecule has 0 radical (unpaired) electrons. The number of carbonyl (C=O) groups excluding carboxylic acids is 2. The number of anilines is 1. The molecule has 3 nitrogen and oxygen atoms in total. The number of allylic oxidation sites excluding steroid dienone is 4. The fourth-order valence-corrected chi connectivity index (χ4v) is 7.00. The maximum Gasteiger partial charge on any atom is 0.162 e. The quantitative estimate of drug-likeness (QED) is 0.272. The SMILES string of the molecule is O=C1CC(c2ccccc2)CC2=C1C(c1ccccc1)C1=C(CC(c3ccccc3)CC1=O)N2c1ccccc1. The number of Topliss-reactive ketones (excluding diaryl/α,β-unsaturated/α-hetero) is 2. The molecule has 2 aliphatic carbocycles. The van der Waals surface area contributed by atoms with Crippen LogP contribution < -0.4 is 4.90 Å². The minimum absolute atomic E-state index is 0.0986. The zero-order valence-electron chi connectivity index (χ0n) is 22.4. The largest absolute Gasteiger partial charge is 0.317 e. The van der Waals surface area contributed by atoms with Crippen LogP contribution in [0.3, 0.4) is 0 Å². The smallest absolute Gasteiger partial charge is 0.162 e. The lowest BCUT2D eigenvalue weighted by Crippen LogP contribution is -2.41. The molecule has 1 heterocycles. The van der Waals surface area contributed by atoms with E-state index < -0.39 is 0 Å². The summed E-state index contributed by atoms with van der Waals surface area (Å²) < 4.78 is 0. The molecule has 0 N–H and O–H groups in total. The summed E-state index contributed by atoms with van der Waals surface area (Å²) in [7, 11) is 0. The number of hydrogen-bond acceptors (Lipinski definition) is 3. The molecule has 196 valence electrons. The molecule has 0 bridgehead atoms. The second-order valence-corrected chi connectivity index (χ2v) is 11.1. The number of para-hydroxylation sites is 1. The Balaban J connectivity index is 1.45. The van der Waals surface area contributed by atoms with Crippen LogP contribution in [0.25, 0.3) is 0 Å². The van der Waals surface area contributed by atoms with E-state index in [4.69, 9.17) is 0 Å². The molecular formula is C37H31NO2. The summed E-state index contributed by atoms with van der Waals surface area (Å²) in [5, 5.41) is 0. The predicted molar refractivity (Wildman–Crippen MR) is 159 cm³/mol. The van der Waals surface area contributed by atoms with Gasteiger partial charge in [-0.15, -0.1) is 0 Å². The Morgan fingerprint density at radius 1 is 0.450 bits per heavy atom. The van der Waals surface area contributed by atoms with Crippen LogP contribution in [-0.4, -0.2) is 11.6 Å². The molecule has 0 aromatic heterocycles. The van der Waals surface area contributed by atoms with E-state index in [0.717, 1.165) is 46.6 Å². The Labute approximate surface area is 235 Å². The van der Waals surface area contributed by atoms with Crippen LogP contribution >= 0.6 is 0 Å². The highest BCUT2D eigenvalue weighted by Crippen LogP contribution is 2.54. The monoisotopic (exact) mass is 521 g/mol. The zero-order valence-corrected chi connectivity index (χ0v) is 22.4. The van der Waals surface area contributed by atoms with Gasteiger partial charge in [0, 0.05) is 47.0 Å². The van der Waals surface area contributed by atoms with Gasteiger partial charge < -0.3 is 4.90 Å². The Kier molecular flexibility index (Phi) is 6.28. The van der Waals surface area contributed by atoms with E-state index in [2.05, 4.69) is 77.7 Å². The van der Waals surface area contributed by atoms with Crippen molar-refractivity contribution in [3.8, 4) is 0 Å². The van der Waals surface area contributed by atoms with E-state index in [1.807, 2.05) is 48.5 Å². The van der Waals surface area contributed by atoms with Crippen molar-refractivity contribution in [2.45, 2.75) is 43.4 Å². The zero-order chi connectivity index (χ0) is 27.1. The molecule has 3 aliphatic rings. The molecule has 0 saturated heterocycles. The molecular weight excluding hydrogens is 490 g/mol. The van der Waals surface area contributed by atoms with E-state index in [1.165, 1.54) is 11.1 Å². The first-order chi connectivity index (χ1) is 19.7. The first-order valence-electron chi connectivity index (χ1n) is 14.2. The molecule has 0 fully saturated rings. The van der Waals surface area contributed by atoms with Crippen molar-refractivity contribution < 1.29 is 9.59 Å². The van der Waals surface area contributed by atoms with Gasteiger partial charge in [0.2, 0.25) is 0 Å². The van der Waals surface area contributed by atoms with E-state index in [9.17, 15) is 9.59 Å². The highest BCUT2D eigenvalue weighted by Gasteiger charge is 2.47. The lowest BCUT2D eigenvalue weighted by molar-refractivity contribution is -0.117. The molecule has 7 rings (SSSR count). The van der Waals surface area contributed by atoms with Crippen LogP contribution in [0, 0.1) is 0 Å². The molecule has 0 spiro atoms. The van der Waals surface area contributed by atoms with Crippen LogP contribution in [0.4, 0.5) is 5.69 Å². The molecule has 0 amide bonds. The minimum Gasteiger partial charge on any atom is -0.317 e. The third-order valence-electron chi connectivity index (χ3n) is 8.77. The number of benzene rings is 4. The van der Waals surface area contributed by atoms with E-state index >= 15 is 0 Å². The van der Waals surface area contributed by atoms with Crippen molar-refractivity contribution in [3.63, 3.8) is 0 Å². The van der Waals surface area contributed by atoms with Crippen LogP contribution in [0.15, 0.2) is 144 Å². The van der Waals surface area contributed by atoms with E-state index in [-0.39, 0.29) is 29.3 Å². The van der Waals surface area contributed by atoms with Gasteiger partial charge in [-0.3, -0.25) is 9.59 Å². The maximum atomic E-state index is 14.2. The molecule has 4 aromatic rings. The Bertz CT molecular complexity index is 1540. The van der Waals surface area contributed by atoms with Crippen molar-refractivity contribution in [2.75, 3.05) is 4.90 Å². The van der Waals surface area contributed by atoms with Crippen LogP contribution in [-0.2, 0) is 9.59 Å². The van der Waals surface area contributed by atoms with E-state index in [0.29, 0.717) is 12.8 Å². The summed E-state index contributed by atoms with van der Waals surface area (Å²) >= 11 is 0. The second kappa shape index (κ2) is 10.2. The number of carbonyl (C=O) groups is 2. The standard InChI is InChI=1S/C37H31NO2/c39-33-23-28(25-13-5-1-6-14-25)21-31-36(33)35(27-17-9-3-10-18-27)37-32(38(31)30-19-11-4-12-20-30)22-29(24-34(37)40)26-15-7-2-8-16-26/h1-20,28-29,35H,21-24H2. The number of nitrogens with zero attached hydrogens (tertiary/aromatic N) is 1. The first-order valence-corrected chi connectivity index (χ1v) is 14.2. The molecule has 2 unspecified atom stereocenters. The molecule has 40 heavy (non-hydrogen) atoms. The van der Waals surface area contributed by atoms with Gasteiger partial charge in [-0.2, -0.15) is 0 Å². The highest BCUT2D eigenvalue weighted by molar-refractivity contribution is 6.08. The molecule has 3 heteroatoms. The summed E-state index contributed by atoms with van der Waals surface area (Å²) in [6.07, 6.45) is 2.42.